The van der Waals surface area contributed by atoms with E-state index in [0.29, 0.717) is 32.7 Å². The molecule has 0 aliphatic carbocycles. The maximum Gasteiger partial charge on any atom is 0.317 e. The van der Waals surface area contributed by atoms with Crippen molar-refractivity contribution >= 4 is 6.03 Å². The summed E-state index contributed by atoms with van der Waals surface area (Å²) in [6.07, 6.45) is 4.29. The van der Waals surface area contributed by atoms with Crippen LogP contribution in [0.5, 0.6) is 11.5 Å². The molecule has 0 saturated heterocycles. The Balaban J connectivity index is 1.24. The fourth-order valence-corrected chi connectivity index (χ4v) is 3.01. The van der Waals surface area contributed by atoms with Crippen LogP contribution >= 0.6 is 0 Å². The van der Waals surface area contributed by atoms with Crippen molar-refractivity contribution in [3.63, 3.8) is 0 Å². The first-order valence-corrected chi connectivity index (χ1v) is 8.20. The minimum Gasteiger partial charge on any atom is -0.486 e. The Hall–Kier alpha value is -2.70. The van der Waals surface area contributed by atoms with Crippen LogP contribution in [-0.2, 0) is 13.1 Å². The number of nitrogens with one attached hydrogen (secondary N) is 1. The Labute approximate surface area is 140 Å². The molecule has 126 valence electrons. The summed E-state index contributed by atoms with van der Waals surface area (Å²) in [5, 5.41) is 2.97. The highest BCUT2D eigenvalue weighted by Gasteiger charge is 2.22. The van der Waals surface area contributed by atoms with Crippen molar-refractivity contribution in [2.45, 2.75) is 25.6 Å². The molecule has 0 saturated carbocycles. The molecule has 24 heavy (non-hydrogen) atoms. The first-order chi connectivity index (χ1) is 11.8. The average Bonchev–Trinajstić information content (AvgIpc) is 3.09. The summed E-state index contributed by atoms with van der Waals surface area (Å²) in [4.78, 5) is 18.2. The topological polar surface area (TPSA) is 68.6 Å². The molecule has 2 aliphatic rings. The Bertz CT molecular complexity index is 730. The largest absolute Gasteiger partial charge is 0.486 e. The van der Waals surface area contributed by atoms with Gasteiger partial charge in [0.1, 0.15) is 12.7 Å². The van der Waals surface area contributed by atoms with Crippen LogP contribution in [0.4, 0.5) is 4.79 Å². The zero-order chi connectivity index (χ0) is 16.4. The summed E-state index contributed by atoms with van der Waals surface area (Å²) in [6.45, 7) is 3.16. The van der Waals surface area contributed by atoms with E-state index in [1.165, 1.54) is 0 Å². The number of imidazole rings is 1. The third-order valence-corrected chi connectivity index (χ3v) is 4.36. The molecule has 0 spiro atoms. The quantitative estimate of drug-likeness (QED) is 0.930. The highest BCUT2D eigenvalue weighted by atomic mass is 16.6. The standard InChI is InChI=1S/C17H20N4O3/c22-17(20-7-8-21-12-18-9-13(21)10-20)19-6-5-14-11-23-15-3-1-2-4-16(15)24-14/h1-4,9,12,14H,5-8,10-11H2,(H,19,22). The SMILES string of the molecule is O=C(NCCC1COc2ccccc2O1)N1CCn2cncc2C1. The summed E-state index contributed by atoms with van der Waals surface area (Å²) >= 11 is 0. The number of hydrogen-bond donors (Lipinski definition) is 1. The van der Waals surface area contributed by atoms with E-state index in [-0.39, 0.29) is 12.1 Å². The number of aromatic nitrogens is 2. The first kappa shape index (κ1) is 14.9. The van der Waals surface area contributed by atoms with E-state index in [9.17, 15) is 4.79 Å². The number of carbonyl (C=O) groups excluding carboxylic acids is 1. The lowest BCUT2D eigenvalue weighted by Gasteiger charge is -2.29. The van der Waals surface area contributed by atoms with Gasteiger partial charge < -0.3 is 24.3 Å². The van der Waals surface area contributed by atoms with Crippen molar-refractivity contribution in [2.75, 3.05) is 19.7 Å². The minimum atomic E-state index is -0.0421. The Morgan fingerprint density at radius 1 is 1.29 bits per heavy atom. The van der Waals surface area contributed by atoms with Crippen LogP contribution in [0.2, 0.25) is 0 Å². The van der Waals surface area contributed by atoms with Gasteiger partial charge in [0.15, 0.2) is 11.5 Å². The molecule has 2 aliphatic heterocycles. The molecule has 1 aromatic carbocycles. The van der Waals surface area contributed by atoms with Gasteiger partial charge in [-0.2, -0.15) is 0 Å². The van der Waals surface area contributed by atoms with E-state index in [4.69, 9.17) is 9.47 Å². The summed E-state index contributed by atoms with van der Waals surface area (Å²) < 4.78 is 13.7. The molecule has 1 unspecified atom stereocenters. The Kier molecular flexibility index (Phi) is 3.98. The van der Waals surface area contributed by atoms with Crippen LogP contribution in [0.25, 0.3) is 0 Å². The monoisotopic (exact) mass is 328 g/mol. The second kappa shape index (κ2) is 6.43. The van der Waals surface area contributed by atoms with Crippen molar-refractivity contribution < 1.29 is 14.3 Å². The van der Waals surface area contributed by atoms with Crippen molar-refractivity contribution in [1.82, 2.24) is 19.8 Å². The number of carbonyl (C=O) groups is 1. The maximum atomic E-state index is 12.3. The van der Waals surface area contributed by atoms with E-state index in [0.717, 1.165) is 23.7 Å². The van der Waals surface area contributed by atoms with Crippen molar-refractivity contribution in [1.29, 1.82) is 0 Å². The predicted octanol–water partition coefficient (Wildman–Crippen LogP) is 1.64. The smallest absolute Gasteiger partial charge is 0.317 e. The molecule has 3 heterocycles. The highest BCUT2D eigenvalue weighted by molar-refractivity contribution is 5.74. The van der Waals surface area contributed by atoms with E-state index < -0.39 is 0 Å². The maximum absolute atomic E-state index is 12.3. The minimum absolute atomic E-state index is 0.0389. The number of ether oxygens (including phenoxy) is 2. The van der Waals surface area contributed by atoms with E-state index in [1.807, 2.05) is 41.7 Å². The molecule has 0 radical (unpaired) electrons. The molecule has 1 aromatic heterocycles. The van der Waals surface area contributed by atoms with Crippen LogP contribution in [0, 0.1) is 0 Å². The predicted molar refractivity (Wildman–Crippen MR) is 87.0 cm³/mol. The zero-order valence-electron chi connectivity index (χ0n) is 13.4. The third-order valence-electron chi connectivity index (χ3n) is 4.36. The van der Waals surface area contributed by atoms with E-state index >= 15 is 0 Å². The summed E-state index contributed by atoms with van der Waals surface area (Å²) in [5.74, 6) is 1.55. The van der Waals surface area contributed by atoms with Gasteiger partial charge in [-0.15, -0.1) is 0 Å². The number of urea groups is 1. The fourth-order valence-electron chi connectivity index (χ4n) is 3.01. The van der Waals surface area contributed by atoms with Crippen molar-refractivity contribution in [3.8, 4) is 11.5 Å². The molecule has 0 bridgehead atoms. The molecule has 7 nitrogen and oxygen atoms in total. The molecule has 1 atom stereocenters. The lowest BCUT2D eigenvalue weighted by molar-refractivity contribution is 0.0848. The van der Waals surface area contributed by atoms with Crippen LogP contribution < -0.4 is 14.8 Å². The molecular weight excluding hydrogens is 308 g/mol. The summed E-state index contributed by atoms with van der Waals surface area (Å²) in [6, 6.07) is 7.60. The molecule has 2 aromatic rings. The van der Waals surface area contributed by atoms with Gasteiger partial charge in [-0.05, 0) is 12.1 Å². The number of fused-ring (bicyclic) bond motifs is 2. The highest BCUT2D eigenvalue weighted by Crippen LogP contribution is 2.31. The van der Waals surface area contributed by atoms with Crippen LogP contribution in [0.15, 0.2) is 36.8 Å². The van der Waals surface area contributed by atoms with Gasteiger partial charge in [-0.25, -0.2) is 9.78 Å². The van der Waals surface area contributed by atoms with Crippen LogP contribution in [-0.4, -0.2) is 46.3 Å². The zero-order valence-corrected chi connectivity index (χ0v) is 13.4. The fraction of sp³-hybridized carbons (Fsp3) is 0.412. The second-order valence-electron chi connectivity index (χ2n) is 6.02. The van der Waals surface area contributed by atoms with Crippen LogP contribution in [0.1, 0.15) is 12.1 Å². The average molecular weight is 328 g/mol. The lowest BCUT2D eigenvalue weighted by Crippen LogP contribution is -2.45. The van der Waals surface area contributed by atoms with Gasteiger partial charge in [0.2, 0.25) is 0 Å². The van der Waals surface area contributed by atoms with E-state index in [1.54, 1.807) is 0 Å². The number of benzene rings is 1. The molecule has 4 rings (SSSR count). The molecule has 0 fully saturated rings. The Morgan fingerprint density at radius 2 is 2.17 bits per heavy atom. The molecule has 7 heteroatoms. The summed E-state index contributed by atoms with van der Waals surface area (Å²) in [7, 11) is 0. The second-order valence-corrected chi connectivity index (χ2v) is 6.02. The lowest BCUT2D eigenvalue weighted by atomic mass is 10.2. The molecule has 2 amide bonds. The number of nitrogens with zero attached hydrogens (tertiary/aromatic N) is 3. The van der Waals surface area contributed by atoms with Crippen molar-refractivity contribution in [3.05, 3.63) is 42.5 Å². The first-order valence-electron chi connectivity index (χ1n) is 8.20. The third kappa shape index (κ3) is 3.02. The van der Waals surface area contributed by atoms with Gasteiger partial charge >= 0.3 is 6.03 Å². The summed E-state index contributed by atoms with van der Waals surface area (Å²) in [5.41, 5.74) is 1.07. The van der Waals surface area contributed by atoms with Gasteiger partial charge in [-0.3, -0.25) is 0 Å². The number of hydrogen-bond acceptors (Lipinski definition) is 4. The molecule has 1 N–H and O–H groups in total. The van der Waals surface area contributed by atoms with Gasteiger partial charge in [0.25, 0.3) is 0 Å². The normalized spacial score (nSPS) is 18.8. The number of para-hydroxylation sites is 2. The van der Waals surface area contributed by atoms with Crippen LogP contribution in [0.3, 0.4) is 0 Å². The number of amides is 2. The number of rotatable bonds is 3. The Morgan fingerprint density at radius 3 is 3.08 bits per heavy atom. The van der Waals surface area contributed by atoms with E-state index in [2.05, 4.69) is 14.9 Å². The molecular formula is C17H20N4O3. The van der Waals surface area contributed by atoms with Crippen molar-refractivity contribution in [2.24, 2.45) is 0 Å². The van der Waals surface area contributed by atoms with Gasteiger partial charge in [-0.1, -0.05) is 12.1 Å². The van der Waals surface area contributed by atoms with Gasteiger partial charge in [0, 0.05) is 32.3 Å². The van der Waals surface area contributed by atoms with Gasteiger partial charge in [0.05, 0.1) is 18.6 Å².